The molecule has 1 aliphatic heterocycles. The Bertz CT molecular complexity index is 687. The summed E-state index contributed by atoms with van der Waals surface area (Å²) in [5.74, 6) is 0.610. The van der Waals surface area contributed by atoms with Crippen LogP contribution in [0.1, 0.15) is 12.0 Å². The molecule has 0 aromatic heterocycles. The van der Waals surface area contributed by atoms with Crippen molar-refractivity contribution in [3.63, 3.8) is 0 Å². The number of para-hydroxylation sites is 1. The van der Waals surface area contributed by atoms with E-state index in [4.69, 9.17) is 9.47 Å². The Morgan fingerprint density at radius 2 is 1.86 bits per heavy atom. The summed E-state index contributed by atoms with van der Waals surface area (Å²) in [5.41, 5.74) is 0.972. The van der Waals surface area contributed by atoms with E-state index < -0.39 is 5.82 Å². The smallest absolute Gasteiger partial charge is 0.228 e. The molecule has 0 unspecified atom stereocenters. The number of rotatable bonds is 3. The van der Waals surface area contributed by atoms with Crippen LogP contribution in [-0.2, 0) is 11.2 Å². The maximum Gasteiger partial charge on any atom is 0.228 e. The largest absolute Gasteiger partial charge is 0.490 e. The summed E-state index contributed by atoms with van der Waals surface area (Å²) < 4.78 is 24.6. The van der Waals surface area contributed by atoms with E-state index in [1.54, 1.807) is 24.3 Å². The first-order valence-corrected chi connectivity index (χ1v) is 7.15. The Balaban J connectivity index is 1.69. The van der Waals surface area contributed by atoms with Crippen LogP contribution in [0, 0.1) is 5.82 Å². The summed E-state index contributed by atoms with van der Waals surface area (Å²) in [5, 5.41) is 2.57. The average Bonchev–Trinajstić information content (AvgIpc) is 2.74. The monoisotopic (exact) mass is 301 g/mol. The van der Waals surface area contributed by atoms with E-state index in [0.717, 1.165) is 12.0 Å². The number of fused-ring (bicyclic) bond motifs is 1. The molecule has 1 heterocycles. The van der Waals surface area contributed by atoms with Crippen molar-refractivity contribution >= 4 is 11.6 Å². The number of hydrogen-bond donors (Lipinski definition) is 1. The highest BCUT2D eigenvalue weighted by molar-refractivity contribution is 5.92. The highest BCUT2D eigenvalue weighted by atomic mass is 19.1. The molecule has 2 aromatic carbocycles. The lowest BCUT2D eigenvalue weighted by Crippen LogP contribution is -2.15. The molecule has 22 heavy (non-hydrogen) atoms. The van der Waals surface area contributed by atoms with Gasteiger partial charge in [-0.2, -0.15) is 0 Å². The van der Waals surface area contributed by atoms with Crippen LogP contribution in [0.25, 0.3) is 0 Å². The topological polar surface area (TPSA) is 47.6 Å². The minimum absolute atomic E-state index is 0.144. The van der Waals surface area contributed by atoms with Crippen molar-refractivity contribution in [2.45, 2.75) is 12.8 Å². The first kappa shape index (κ1) is 14.4. The molecule has 5 heteroatoms. The second-order valence-corrected chi connectivity index (χ2v) is 5.04. The molecule has 0 bridgehead atoms. The van der Waals surface area contributed by atoms with E-state index in [1.165, 1.54) is 12.1 Å². The lowest BCUT2D eigenvalue weighted by molar-refractivity contribution is -0.115. The van der Waals surface area contributed by atoms with Crippen LogP contribution < -0.4 is 14.8 Å². The van der Waals surface area contributed by atoms with Gasteiger partial charge in [0, 0.05) is 6.42 Å². The quantitative estimate of drug-likeness (QED) is 0.947. The maximum absolute atomic E-state index is 13.5. The average molecular weight is 301 g/mol. The number of nitrogens with one attached hydrogen (secondary N) is 1. The van der Waals surface area contributed by atoms with E-state index in [2.05, 4.69) is 5.32 Å². The van der Waals surface area contributed by atoms with Crippen LogP contribution in [0.5, 0.6) is 11.5 Å². The van der Waals surface area contributed by atoms with Gasteiger partial charge in [0.05, 0.1) is 25.3 Å². The van der Waals surface area contributed by atoms with E-state index in [9.17, 15) is 9.18 Å². The zero-order chi connectivity index (χ0) is 15.4. The Morgan fingerprint density at radius 3 is 2.68 bits per heavy atom. The van der Waals surface area contributed by atoms with E-state index >= 15 is 0 Å². The molecule has 0 fully saturated rings. The van der Waals surface area contributed by atoms with Gasteiger partial charge in [0.15, 0.2) is 11.5 Å². The van der Waals surface area contributed by atoms with Crippen LogP contribution in [0.2, 0.25) is 0 Å². The molecular formula is C17H16FNO3. The van der Waals surface area contributed by atoms with Gasteiger partial charge in [-0.25, -0.2) is 4.39 Å². The first-order chi connectivity index (χ1) is 10.7. The molecule has 0 saturated heterocycles. The summed E-state index contributed by atoms with van der Waals surface area (Å²) in [6.45, 7) is 1.22. The zero-order valence-corrected chi connectivity index (χ0v) is 12.0. The van der Waals surface area contributed by atoms with E-state index in [1.807, 2.05) is 6.07 Å². The SMILES string of the molecule is O=C(Cc1ccc2c(c1)OCCCO2)Nc1ccccc1F. The lowest BCUT2D eigenvalue weighted by Gasteiger charge is -2.10. The summed E-state index contributed by atoms with van der Waals surface area (Å²) in [6.07, 6.45) is 0.975. The number of ether oxygens (including phenoxy) is 2. The molecule has 1 amide bonds. The van der Waals surface area contributed by atoms with Crippen LogP contribution in [-0.4, -0.2) is 19.1 Å². The first-order valence-electron chi connectivity index (χ1n) is 7.15. The van der Waals surface area contributed by atoms with Crippen LogP contribution in [0.15, 0.2) is 42.5 Å². The van der Waals surface area contributed by atoms with Crippen LogP contribution in [0.3, 0.4) is 0 Å². The van der Waals surface area contributed by atoms with Crippen molar-refractivity contribution < 1.29 is 18.7 Å². The van der Waals surface area contributed by atoms with E-state index in [0.29, 0.717) is 24.7 Å². The van der Waals surface area contributed by atoms with Gasteiger partial charge in [-0.15, -0.1) is 0 Å². The Morgan fingerprint density at radius 1 is 1.09 bits per heavy atom. The predicted octanol–water partition coefficient (Wildman–Crippen LogP) is 3.17. The van der Waals surface area contributed by atoms with Crippen LogP contribution >= 0.6 is 0 Å². The number of hydrogen-bond acceptors (Lipinski definition) is 3. The second kappa shape index (κ2) is 6.47. The van der Waals surface area contributed by atoms with Gasteiger partial charge < -0.3 is 14.8 Å². The number of anilines is 1. The Labute approximate surface area is 127 Å². The van der Waals surface area contributed by atoms with Crippen molar-refractivity contribution in [2.24, 2.45) is 0 Å². The Kier molecular flexibility index (Phi) is 4.23. The fourth-order valence-corrected chi connectivity index (χ4v) is 2.26. The van der Waals surface area contributed by atoms with Crippen molar-refractivity contribution in [2.75, 3.05) is 18.5 Å². The van der Waals surface area contributed by atoms with Crippen molar-refractivity contribution in [3.05, 3.63) is 53.8 Å². The molecule has 0 saturated carbocycles. The fourth-order valence-electron chi connectivity index (χ4n) is 2.26. The third-order valence-electron chi connectivity index (χ3n) is 3.32. The lowest BCUT2D eigenvalue weighted by atomic mass is 10.1. The number of carbonyl (C=O) groups is 1. The second-order valence-electron chi connectivity index (χ2n) is 5.04. The summed E-state index contributed by atoms with van der Waals surface area (Å²) in [7, 11) is 0. The van der Waals surface area contributed by atoms with E-state index in [-0.39, 0.29) is 18.0 Å². The number of carbonyl (C=O) groups excluding carboxylic acids is 1. The van der Waals surface area contributed by atoms with Gasteiger partial charge in [0.2, 0.25) is 5.91 Å². The molecule has 3 rings (SSSR count). The summed E-state index contributed by atoms with van der Waals surface area (Å²) >= 11 is 0. The molecule has 0 atom stereocenters. The van der Waals surface area contributed by atoms with Gasteiger partial charge in [-0.05, 0) is 29.8 Å². The Hall–Kier alpha value is -2.56. The molecule has 114 valence electrons. The van der Waals surface area contributed by atoms with Crippen molar-refractivity contribution in [3.8, 4) is 11.5 Å². The molecular weight excluding hydrogens is 285 g/mol. The predicted molar refractivity (Wildman–Crippen MR) is 80.8 cm³/mol. The fraction of sp³-hybridized carbons (Fsp3) is 0.235. The maximum atomic E-state index is 13.5. The molecule has 2 aromatic rings. The highest BCUT2D eigenvalue weighted by Crippen LogP contribution is 2.30. The molecule has 4 nitrogen and oxygen atoms in total. The molecule has 1 aliphatic rings. The normalized spacial score (nSPS) is 13.3. The number of benzene rings is 2. The van der Waals surface area contributed by atoms with Crippen molar-refractivity contribution in [1.82, 2.24) is 0 Å². The number of halogens is 1. The van der Waals surface area contributed by atoms with Gasteiger partial charge in [0.1, 0.15) is 5.82 Å². The minimum Gasteiger partial charge on any atom is -0.490 e. The summed E-state index contributed by atoms with van der Waals surface area (Å²) in [4.78, 5) is 12.0. The van der Waals surface area contributed by atoms with Gasteiger partial charge in [-0.3, -0.25) is 4.79 Å². The highest BCUT2D eigenvalue weighted by Gasteiger charge is 2.13. The van der Waals surface area contributed by atoms with Gasteiger partial charge in [-0.1, -0.05) is 18.2 Å². The van der Waals surface area contributed by atoms with Gasteiger partial charge in [0.25, 0.3) is 0 Å². The molecule has 0 spiro atoms. The molecule has 1 N–H and O–H groups in total. The number of amides is 1. The van der Waals surface area contributed by atoms with Crippen LogP contribution in [0.4, 0.5) is 10.1 Å². The zero-order valence-electron chi connectivity index (χ0n) is 12.0. The standard InChI is InChI=1S/C17H16FNO3/c18-13-4-1-2-5-14(13)19-17(20)11-12-6-7-15-16(10-12)22-9-3-8-21-15/h1-2,4-7,10H,3,8-9,11H2,(H,19,20). The third kappa shape index (κ3) is 3.36. The van der Waals surface area contributed by atoms with Crippen molar-refractivity contribution in [1.29, 1.82) is 0 Å². The third-order valence-corrected chi connectivity index (χ3v) is 3.32. The molecule has 0 radical (unpaired) electrons. The summed E-state index contributed by atoms with van der Waals surface area (Å²) in [6, 6.07) is 11.5. The molecule has 0 aliphatic carbocycles. The minimum atomic E-state index is -0.450. The van der Waals surface area contributed by atoms with Gasteiger partial charge >= 0.3 is 0 Å².